The lowest BCUT2D eigenvalue weighted by Crippen LogP contribution is -2.53. The Morgan fingerprint density at radius 2 is 2.18 bits per heavy atom. The smallest absolute Gasteiger partial charge is 0.219 e. The summed E-state index contributed by atoms with van der Waals surface area (Å²) >= 11 is 0. The summed E-state index contributed by atoms with van der Waals surface area (Å²) in [6.07, 6.45) is 4.17. The van der Waals surface area contributed by atoms with E-state index in [1.165, 1.54) is 0 Å². The van der Waals surface area contributed by atoms with Gasteiger partial charge in [-0.15, -0.1) is 0 Å². The third-order valence-electron chi connectivity index (χ3n) is 4.17. The highest BCUT2D eigenvalue weighted by molar-refractivity contribution is 5.73. The molecule has 2 saturated heterocycles. The molecule has 0 bridgehead atoms. The minimum absolute atomic E-state index is 0.0387. The number of hydrogen-bond donors (Lipinski definition) is 1. The molecule has 1 N–H and O–H groups in total. The van der Waals surface area contributed by atoms with E-state index in [0.29, 0.717) is 6.04 Å². The van der Waals surface area contributed by atoms with Gasteiger partial charge in [0.2, 0.25) is 5.91 Å². The van der Waals surface area contributed by atoms with E-state index in [1.54, 1.807) is 6.92 Å². The maximum absolute atomic E-state index is 11.6. The molecule has 98 valence electrons. The van der Waals surface area contributed by atoms with Crippen molar-refractivity contribution in [1.82, 2.24) is 10.2 Å². The minimum atomic E-state index is 0.0387. The molecule has 2 heterocycles. The molecule has 2 aliphatic rings. The normalized spacial score (nSPS) is 28.0. The summed E-state index contributed by atoms with van der Waals surface area (Å²) in [6.45, 7) is 7.43. The SMILES string of the molecule is CCN(C(C)=O)[C@H]1CCOC2(CCNCC2)C1. The summed E-state index contributed by atoms with van der Waals surface area (Å²) < 4.78 is 6.03. The minimum Gasteiger partial charge on any atom is -0.375 e. The van der Waals surface area contributed by atoms with Gasteiger partial charge >= 0.3 is 0 Å². The predicted octanol–water partition coefficient (Wildman–Crippen LogP) is 1.16. The van der Waals surface area contributed by atoms with Crippen LogP contribution in [0.25, 0.3) is 0 Å². The molecule has 4 nitrogen and oxygen atoms in total. The Hall–Kier alpha value is -0.610. The molecule has 4 heteroatoms. The molecule has 2 aliphatic heterocycles. The van der Waals surface area contributed by atoms with Crippen molar-refractivity contribution in [1.29, 1.82) is 0 Å². The van der Waals surface area contributed by atoms with Gasteiger partial charge in [0.25, 0.3) is 0 Å². The zero-order chi connectivity index (χ0) is 12.3. The molecule has 2 rings (SSSR count). The number of hydrogen-bond acceptors (Lipinski definition) is 3. The van der Waals surface area contributed by atoms with E-state index in [0.717, 1.165) is 51.9 Å². The molecule has 0 radical (unpaired) electrons. The first-order valence-electron chi connectivity index (χ1n) is 6.79. The molecule has 0 aromatic carbocycles. The van der Waals surface area contributed by atoms with Crippen LogP contribution in [0.3, 0.4) is 0 Å². The van der Waals surface area contributed by atoms with Crippen molar-refractivity contribution in [2.24, 2.45) is 0 Å². The number of piperidine rings is 1. The van der Waals surface area contributed by atoms with E-state index in [-0.39, 0.29) is 11.5 Å². The van der Waals surface area contributed by atoms with Gasteiger partial charge < -0.3 is 15.0 Å². The summed E-state index contributed by atoms with van der Waals surface area (Å²) in [6, 6.07) is 0.379. The first kappa shape index (κ1) is 12.8. The fourth-order valence-corrected chi connectivity index (χ4v) is 3.24. The molecule has 1 atom stereocenters. The molecule has 0 aromatic heterocycles. The molecule has 2 fully saturated rings. The molecular formula is C13H24N2O2. The summed E-state index contributed by atoms with van der Waals surface area (Å²) in [5, 5.41) is 3.38. The third-order valence-corrected chi connectivity index (χ3v) is 4.17. The van der Waals surface area contributed by atoms with Crippen LogP contribution in [0.2, 0.25) is 0 Å². The van der Waals surface area contributed by atoms with E-state index in [2.05, 4.69) is 12.2 Å². The van der Waals surface area contributed by atoms with E-state index < -0.39 is 0 Å². The lowest BCUT2D eigenvalue weighted by Gasteiger charge is -2.46. The van der Waals surface area contributed by atoms with Crippen LogP contribution in [0.5, 0.6) is 0 Å². The maximum atomic E-state index is 11.6. The highest BCUT2D eigenvalue weighted by Gasteiger charge is 2.40. The molecule has 0 saturated carbocycles. The van der Waals surface area contributed by atoms with Crippen LogP contribution in [0.15, 0.2) is 0 Å². The second kappa shape index (κ2) is 5.36. The van der Waals surface area contributed by atoms with Crippen LogP contribution in [-0.2, 0) is 9.53 Å². The zero-order valence-electron chi connectivity index (χ0n) is 11.0. The summed E-state index contributed by atoms with van der Waals surface area (Å²) in [4.78, 5) is 13.6. The van der Waals surface area contributed by atoms with Gasteiger partial charge in [0.05, 0.1) is 5.60 Å². The first-order valence-corrected chi connectivity index (χ1v) is 6.79. The van der Waals surface area contributed by atoms with Crippen LogP contribution in [-0.4, -0.2) is 48.7 Å². The van der Waals surface area contributed by atoms with Gasteiger partial charge in [-0.05, 0) is 45.7 Å². The number of carbonyl (C=O) groups is 1. The Bertz CT molecular complexity index is 269. The van der Waals surface area contributed by atoms with Gasteiger partial charge in [-0.2, -0.15) is 0 Å². The standard InChI is InChI=1S/C13H24N2O2/c1-3-15(11(2)16)12-4-9-17-13(10-12)5-7-14-8-6-13/h12,14H,3-10H2,1-2H3/t12-/m0/s1. The Morgan fingerprint density at radius 3 is 2.76 bits per heavy atom. The largest absolute Gasteiger partial charge is 0.375 e. The van der Waals surface area contributed by atoms with Crippen molar-refractivity contribution in [2.75, 3.05) is 26.2 Å². The van der Waals surface area contributed by atoms with Crippen molar-refractivity contribution in [3.05, 3.63) is 0 Å². The Labute approximate surface area is 104 Å². The predicted molar refractivity (Wildman–Crippen MR) is 66.9 cm³/mol. The van der Waals surface area contributed by atoms with Crippen molar-refractivity contribution >= 4 is 5.91 Å². The molecule has 17 heavy (non-hydrogen) atoms. The van der Waals surface area contributed by atoms with Crippen molar-refractivity contribution in [3.63, 3.8) is 0 Å². The molecule has 0 aromatic rings. The average Bonchev–Trinajstić information content (AvgIpc) is 2.30. The van der Waals surface area contributed by atoms with E-state index in [1.807, 2.05) is 4.90 Å². The number of rotatable bonds is 2. The number of nitrogens with zero attached hydrogens (tertiary/aromatic N) is 1. The van der Waals surface area contributed by atoms with E-state index in [4.69, 9.17) is 4.74 Å². The topological polar surface area (TPSA) is 41.6 Å². The fourth-order valence-electron chi connectivity index (χ4n) is 3.24. The van der Waals surface area contributed by atoms with Gasteiger partial charge in [-0.3, -0.25) is 4.79 Å². The van der Waals surface area contributed by atoms with Crippen molar-refractivity contribution in [3.8, 4) is 0 Å². The van der Waals surface area contributed by atoms with Crippen LogP contribution in [0.4, 0.5) is 0 Å². The highest BCUT2D eigenvalue weighted by Crippen LogP contribution is 2.34. The molecule has 1 amide bonds. The number of nitrogens with one attached hydrogen (secondary N) is 1. The third kappa shape index (κ3) is 2.80. The van der Waals surface area contributed by atoms with Crippen LogP contribution >= 0.6 is 0 Å². The molecule has 0 aliphatic carbocycles. The summed E-state index contributed by atoms with van der Waals surface area (Å²) in [5.74, 6) is 0.198. The van der Waals surface area contributed by atoms with Crippen LogP contribution in [0.1, 0.15) is 39.5 Å². The number of amides is 1. The first-order chi connectivity index (χ1) is 8.17. The van der Waals surface area contributed by atoms with Crippen molar-refractivity contribution in [2.45, 2.75) is 51.2 Å². The van der Waals surface area contributed by atoms with Gasteiger partial charge in [0.1, 0.15) is 0 Å². The van der Waals surface area contributed by atoms with E-state index in [9.17, 15) is 4.79 Å². The van der Waals surface area contributed by atoms with Gasteiger partial charge in [-0.1, -0.05) is 0 Å². The molecule has 0 unspecified atom stereocenters. The second-order valence-corrected chi connectivity index (χ2v) is 5.23. The molecule has 1 spiro atoms. The Morgan fingerprint density at radius 1 is 1.47 bits per heavy atom. The molecular weight excluding hydrogens is 216 g/mol. The van der Waals surface area contributed by atoms with Gasteiger partial charge in [-0.25, -0.2) is 0 Å². The summed E-state index contributed by atoms with van der Waals surface area (Å²) in [7, 11) is 0. The maximum Gasteiger partial charge on any atom is 0.219 e. The second-order valence-electron chi connectivity index (χ2n) is 5.23. The van der Waals surface area contributed by atoms with Crippen LogP contribution in [0, 0.1) is 0 Å². The fraction of sp³-hybridized carbons (Fsp3) is 0.923. The quantitative estimate of drug-likeness (QED) is 0.787. The monoisotopic (exact) mass is 240 g/mol. The summed E-state index contributed by atoms with van der Waals surface area (Å²) in [5.41, 5.74) is 0.0387. The van der Waals surface area contributed by atoms with Gasteiger partial charge in [0.15, 0.2) is 0 Å². The Kier molecular flexibility index (Phi) is 4.05. The van der Waals surface area contributed by atoms with Gasteiger partial charge in [0, 0.05) is 26.1 Å². The Balaban J connectivity index is 2.02. The van der Waals surface area contributed by atoms with Crippen molar-refractivity contribution < 1.29 is 9.53 Å². The van der Waals surface area contributed by atoms with Crippen LogP contribution < -0.4 is 5.32 Å². The average molecular weight is 240 g/mol. The number of carbonyl (C=O) groups excluding carboxylic acids is 1. The highest BCUT2D eigenvalue weighted by atomic mass is 16.5. The number of ether oxygens (including phenoxy) is 1. The van der Waals surface area contributed by atoms with E-state index >= 15 is 0 Å². The lowest BCUT2D eigenvalue weighted by molar-refractivity contribution is -0.144. The lowest BCUT2D eigenvalue weighted by atomic mass is 9.82. The zero-order valence-corrected chi connectivity index (χ0v) is 11.0.